The summed E-state index contributed by atoms with van der Waals surface area (Å²) in [7, 11) is 0. The van der Waals surface area contributed by atoms with Crippen molar-refractivity contribution in [2.45, 2.75) is 19.4 Å². The van der Waals surface area contributed by atoms with Crippen LogP contribution < -0.4 is 0 Å². The molecule has 0 radical (unpaired) electrons. The standard InChI is InChI=1S/C13H13BrOS/c1-9-5-6-13(16-9)12(15)8-10-3-2-4-11(14)7-10/h2-7,12,15H,8H2,1H3. The van der Waals surface area contributed by atoms with Crippen LogP contribution in [0, 0.1) is 6.92 Å². The van der Waals surface area contributed by atoms with Gasteiger partial charge >= 0.3 is 0 Å². The van der Waals surface area contributed by atoms with Gasteiger partial charge in [-0.25, -0.2) is 0 Å². The maximum absolute atomic E-state index is 10.1. The Labute approximate surface area is 108 Å². The summed E-state index contributed by atoms with van der Waals surface area (Å²) in [6.07, 6.45) is 0.271. The van der Waals surface area contributed by atoms with Crippen molar-refractivity contribution in [3.63, 3.8) is 0 Å². The number of aliphatic hydroxyl groups is 1. The van der Waals surface area contributed by atoms with Gasteiger partial charge in [0.2, 0.25) is 0 Å². The van der Waals surface area contributed by atoms with Crippen molar-refractivity contribution < 1.29 is 5.11 Å². The Balaban J connectivity index is 2.10. The monoisotopic (exact) mass is 296 g/mol. The molecule has 0 aliphatic heterocycles. The highest BCUT2D eigenvalue weighted by molar-refractivity contribution is 9.10. The third-order valence-corrected chi connectivity index (χ3v) is 4.00. The molecule has 1 nitrogen and oxygen atoms in total. The fourth-order valence-electron chi connectivity index (χ4n) is 1.62. The topological polar surface area (TPSA) is 20.2 Å². The fraction of sp³-hybridized carbons (Fsp3) is 0.231. The Kier molecular flexibility index (Phi) is 3.79. The molecule has 1 atom stereocenters. The van der Waals surface area contributed by atoms with Crippen LogP contribution in [0.5, 0.6) is 0 Å². The molecular weight excluding hydrogens is 284 g/mol. The highest BCUT2D eigenvalue weighted by atomic mass is 79.9. The van der Waals surface area contributed by atoms with E-state index in [0.29, 0.717) is 6.42 Å². The number of rotatable bonds is 3. The van der Waals surface area contributed by atoms with Gasteiger partial charge in [-0.05, 0) is 36.8 Å². The maximum atomic E-state index is 10.1. The number of hydrogen-bond donors (Lipinski definition) is 1. The molecule has 1 unspecified atom stereocenters. The van der Waals surface area contributed by atoms with E-state index in [1.165, 1.54) is 4.88 Å². The van der Waals surface area contributed by atoms with Gasteiger partial charge in [-0.3, -0.25) is 0 Å². The lowest BCUT2D eigenvalue weighted by Crippen LogP contribution is -1.99. The molecule has 0 spiro atoms. The van der Waals surface area contributed by atoms with Crippen molar-refractivity contribution in [3.8, 4) is 0 Å². The van der Waals surface area contributed by atoms with E-state index in [0.717, 1.165) is 14.9 Å². The maximum Gasteiger partial charge on any atom is 0.0922 e. The van der Waals surface area contributed by atoms with Crippen molar-refractivity contribution in [2.75, 3.05) is 0 Å². The van der Waals surface area contributed by atoms with E-state index in [-0.39, 0.29) is 0 Å². The van der Waals surface area contributed by atoms with Gasteiger partial charge < -0.3 is 5.11 Å². The second-order valence-electron chi connectivity index (χ2n) is 3.80. The largest absolute Gasteiger partial charge is 0.387 e. The van der Waals surface area contributed by atoms with Crippen LogP contribution in [0.25, 0.3) is 0 Å². The molecule has 84 valence electrons. The lowest BCUT2D eigenvalue weighted by atomic mass is 10.1. The van der Waals surface area contributed by atoms with E-state index in [2.05, 4.69) is 22.9 Å². The molecule has 2 aromatic rings. The first kappa shape index (κ1) is 11.8. The molecule has 0 saturated heterocycles. The van der Waals surface area contributed by atoms with Crippen molar-refractivity contribution in [1.29, 1.82) is 0 Å². The van der Waals surface area contributed by atoms with E-state index < -0.39 is 6.10 Å². The second kappa shape index (κ2) is 5.13. The summed E-state index contributed by atoms with van der Waals surface area (Å²) in [5.74, 6) is 0. The summed E-state index contributed by atoms with van der Waals surface area (Å²) < 4.78 is 1.06. The van der Waals surface area contributed by atoms with Gasteiger partial charge in [0, 0.05) is 20.6 Å². The van der Waals surface area contributed by atoms with E-state index in [9.17, 15) is 5.11 Å². The van der Waals surface area contributed by atoms with Crippen LogP contribution in [0.2, 0.25) is 0 Å². The van der Waals surface area contributed by atoms with Crippen LogP contribution in [0.4, 0.5) is 0 Å². The molecule has 1 heterocycles. The third kappa shape index (κ3) is 2.94. The predicted molar refractivity (Wildman–Crippen MR) is 71.9 cm³/mol. The Bertz CT molecular complexity index is 478. The summed E-state index contributed by atoms with van der Waals surface area (Å²) in [5.41, 5.74) is 1.15. The third-order valence-electron chi connectivity index (χ3n) is 2.41. The summed E-state index contributed by atoms with van der Waals surface area (Å²) in [5, 5.41) is 10.1. The highest BCUT2D eigenvalue weighted by Crippen LogP contribution is 2.26. The summed E-state index contributed by atoms with van der Waals surface area (Å²) in [6, 6.07) is 12.1. The van der Waals surface area contributed by atoms with Gasteiger partial charge in [-0.2, -0.15) is 0 Å². The minimum Gasteiger partial charge on any atom is -0.387 e. The Morgan fingerprint density at radius 1 is 1.31 bits per heavy atom. The number of aliphatic hydroxyl groups excluding tert-OH is 1. The number of benzene rings is 1. The Morgan fingerprint density at radius 2 is 2.12 bits per heavy atom. The zero-order valence-electron chi connectivity index (χ0n) is 8.98. The molecule has 0 fully saturated rings. The van der Waals surface area contributed by atoms with E-state index in [4.69, 9.17) is 0 Å². The first-order chi connectivity index (χ1) is 7.65. The second-order valence-corrected chi connectivity index (χ2v) is 6.03. The summed E-state index contributed by atoms with van der Waals surface area (Å²) >= 11 is 5.09. The Hall–Kier alpha value is -0.640. The normalized spacial score (nSPS) is 12.7. The number of hydrogen-bond acceptors (Lipinski definition) is 2. The lowest BCUT2D eigenvalue weighted by Gasteiger charge is -2.08. The van der Waals surface area contributed by atoms with Gasteiger partial charge in [-0.1, -0.05) is 28.1 Å². The fourth-order valence-corrected chi connectivity index (χ4v) is 2.93. The molecule has 0 aliphatic rings. The number of halogens is 1. The molecule has 0 amide bonds. The summed E-state index contributed by atoms with van der Waals surface area (Å²) in [4.78, 5) is 2.28. The molecule has 16 heavy (non-hydrogen) atoms. The molecule has 1 N–H and O–H groups in total. The van der Waals surface area contributed by atoms with Gasteiger partial charge in [0.1, 0.15) is 0 Å². The van der Waals surface area contributed by atoms with Crippen molar-refractivity contribution in [3.05, 3.63) is 56.2 Å². The first-order valence-corrected chi connectivity index (χ1v) is 6.75. The minimum absolute atomic E-state index is 0.395. The van der Waals surface area contributed by atoms with Gasteiger partial charge in [0.25, 0.3) is 0 Å². The number of thiophene rings is 1. The first-order valence-electron chi connectivity index (χ1n) is 5.14. The SMILES string of the molecule is Cc1ccc(C(O)Cc2cccc(Br)c2)s1. The van der Waals surface area contributed by atoms with Crippen molar-refractivity contribution in [1.82, 2.24) is 0 Å². The zero-order valence-corrected chi connectivity index (χ0v) is 11.4. The van der Waals surface area contributed by atoms with E-state index in [1.54, 1.807) is 11.3 Å². The van der Waals surface area contributed by atoms with Crippen LogP contribution in [0.1, 0.15) is 21.4 Å². The molecule has 0 bridgehead atoms. The summed E-state index contributed by atoms with van der Waals surface area (Å²) in [6.45, 7) is 2.06. The quantitative estimate of drug-likeness (QED) is 0.904. The minimum atomic E-state index is -0.395. The molecule has 2 rings (SSSR count). The van der Waals surface area contributed by atoms with Crippen molar-refractivity contribution in [2.24, 2.45) is 0 Å². The highest BCUT2D eigenvalue weighted by Gasteiger charge is 2.10. The van der Waals surface area contributed by atoms with Gasteiger partial charge in [-0.15, -0.1) is 11.3 Å². The average molecular weight is 297 g/mol. The number of aryl methyl sites for hydroxylation is 1. The van der Waals surface area contributed by atoms with Crippen LogP contribution >= 0.6 is 27.3 Å². The van der Waals surface area contributed by atoms with Crippen LogP contribution in [-0.4, -0.2) is 5.11 Å². The smallest absolute Gasteiger partial charge is 0.0922 e. The molecule has 0 aliphatic carbocycles. The van der Waals surface area contributed by atoms with Gasteiger partial charge in [0.15, 0.2) is 0 Å². The average Bonchev–Trinajstić information content (AvgIpc) is 2.65. The van der Waals surface area contributed by atoms with Crippen LogP contribution in [-0.2, 0) is 6.42 Å². The Morgan fingerprint density at radius 3 is 2.75 bits per heavy atom. The lowest BCUT2D eigenvalue weighted by molar-refractivity contribution is 0.182. The van der Waals surface area contributed by atoms with E-state index in [1.807, 2.05) is 36.4 Å². The zero-order chi connectivity index (χ0) is 11.5. The molecule has 1 aromatic heterocycles. The predicted octanol–water partition coefficient (Wildman–Crippen LogP) is 4.10. The van der Waals surface area contributed by atoms with Crippen molar-refractivity contribution >= 4 is 27.3 Å². The van der Waals surface area contributed by atoms with E-state index >= 15 is 0 Å². The molecule has 1 aromatic carbocycles. The van der Waals surface area contributed by atoms with Crippen LogP contribution in [0.3, 0.4) is 0 Å². The molecule has 3 heteroatoms. The molecular formula is C13H13BrOS. The van der Waals surface area contributed by atoms with Gasteiger partial charge in [0.05, 0.1) is 6.10 Å². The molecule has 0 saturated carbocycles. The van der Waals surface area contributed by atoms with Crippen LogP contribution in [0.15, 0.2) is 40.9 Å².